The standard InChI is InChI=1S/C15H22FNO/c1-4-14(17-3)10(2)7-13-9-11-8-12(16)5-6-15(11)18-13/h5-6,8,10,13-14,17H,4,7,9H2,1-3H3. The highest BCUT2D eigenvalue weighted by molar-refractivity contribution is 5.37. The summed E-state index contributed by atoms with van der Waals surface area (Å²) < 4.78 is 19.0. The molecular weight excluding hydrogens is 229 g/mol. The third-order valence-electron chi connectivity index (χ3n) is 3.90. The zero-order valence-electron chi connectivity index (χ0n) is 11.4. The van der Waals surface area contributed by atoms with Gasteiger partial charge < -0.3 is 10.1 Å². The van der Waals surface area contributed by atoms with E-state index in [1.165, 1.54) is 6.07 Å². The summed E-state index contributed by atoms with van der Waals surface area (Å²) in [6, 6.07) is 5.32. The molecule has 1 aromatic rings. The van der Waals surface area contributed by atoms with Gasteiger partial charge >= 0.3 is 0 Å². The molecule has 1 N–H and O–H groups in total. The zero-order valence-corrected chi connectivity index (χ0v) is 11.4. The van der Waals surface area contributed by atoms with Gasteiger partial charge in [0, 0.05) is 18.0 Å². The van der Waals surface area contributed by atoms with Crippen molar-refractivity contribution in [2.45, 2.75) is 45.3 Å². The Balaban J connectivity index is 1.95. The zero-order chi connectivity index (χ0) is 13.1. The number of rotatable bonds is 5. The van der Waals surface area contributed by atoms with E-state index in [4.69, 9.17) is 4.74 Å². The van der Waals surface area contributed by atoms with Crippen molar-refractivity contribution in [3.8, 4) is 5.75 Å². The van der Waals surface area contributed by atoms with Crippen molar-refractivity contribution >= 4 is 0 Å². The van der Waals surface area contributed by atoms with Crippen LogP contribution in [-0.2, 0) is 6.42 Å². The van der Waals surface area contributed by atoms with Crippen LogP contribution in [0.15, 0.2) is 18.2 Å². The number of ether oxygens (including phenoxy) is 1. The highest BCUT2D eigenvalue weighted by Crippen LogP contribution is 2.32. The fraction of sp³-hybridized carbons (Fsp3) is 0.600. The van der Waals surface area contributed by atoms with E-state index < -0.39 is 0 Å². The SMILES string of the molecule is CCC(NC)C(C)CC1Cc2cc(F)ccc2O1. The molecule has 1 heterocycles. The molecule has 100 valence electrons. The van der Waals surface area contributed by atoms with Crippen molar-refractivity contribution in [1.29, 1.82) is 0 Å². The van der Waals surface area contributed by atoms with Crippen molar-refractivity contribution in [1.82, 2.24) is 5.32 Å². The van der Waals surface area contributed by atoms with E-state index in [9.17, 15) is 4.39 Å². The van der Waals surface area contributed by atoms with E-state index in [1.54, 1.807) is 12.1 Å². The molecule has 0 amide bonds. The van der Waals surface area contributed by atoms with Crippen LogP contribution in [0.25, 0.3) is 0 Å². The van der Waals surface area contributed by atoms with Crippen LogP contribution in [0.5, 0.6) is 5.75 Å². The van der Waals surface area contributed by atoms with Gasteiger partial charge in [0.15, 0.2) is 0 Å². The molecule has 18 heavy (non-hydrogen) atoms. The summed E-state index contributed by atoms with van der Waals surface area (Å²) in [7, 11) is 2.00. The minimum Gasteiger partial charge on any atom is -0.490 e. The van der Waals surface area contributed by atoms with E-state index >= 15 is 0 Å². The van der Waals surface area contributed by atoms with Crippen molar-refractivity contribution in [3.63, 3.8) is 0 Å². The lowest BCUT2D eigenvalue weighted by atomic mass is 9.92. The molecule has 2 nitrogen and oxygen atoms in total. The molecule has 0 fully saturated rings. The summed E-state index contributed by atoms with van der Waals surface area (Å²) in [6.07, 6.45) is 3.15. The molecule has 3 heteroatoms. The van der Waals surface area contributed by atoms with Gasteiger partial charge in [-0.05, 0) is 44.0 Å². The van der Waals surface area contributed by atoms with Crippen LogP contribution in [0.1, 0.15) is 32.3 Å². The Kier molecular flexibility index (Phi) is 4.23. The third-order valence-corrected chi connectivity index (χ3v) is 3.90. The molecule has 1 aliphatic heterocycles. The van der Waals surface area contributed by atoms with Crippen LogP contribution in [0.4, 0.5) is 4.39 Å². The van der Waals surface area contributed by atoms with Crippen molar-refractivity contribution in [2.24, 2.45) is 5.92 Å². The van der Waals surface area contributed by atoms with Crippen LogP contribution in [0.3, 0.4) is 0 Å². The highest BCUT2D eigenvalue weighted by atomic mass is 19.1. The fourth-order valence-corrected chi connectivity index (χ4v) is 2.89. The van der Waals surface area contributed by atoms with Crippen molar-refractivity contribution < 1.29 is 9.13 Å². The third kappa shape index (κ3) is 2.83. The van der Waals surface area contributed by atoms with E-state index in [2.05, 4.69) is 19.2 Å². The second-order valence-electron chi connectivity index (χ2n) is 5.21. The van der Waals surface area contributed by atoms with Gasteiger partial charge in [-0.25, -0.2) is 4.39 Å². The largest absolute Gasteiger partial charge is 0.490 e. The van der Waals surface area contributed by atoms with E-state index in [1.807, 2.05) is 7.05 Å². The summed E-state index contributed by atoms with van der Waals surface area (Å²) in [5, 5.41) is 3.34. The minimum absolute atomic E-state index is 0.173. The number of hydrogen-bond donors (Lipinski definition) is 1. The van der Waals surface area contributed by atoms with Gasteiger partial charge in [0.1, 0.15) is 17.7 Å². The first-order valence-electron chi connectivity index (χ1n) is 6.76. The first kappa shape index (κ1) is 13.3. The predicted octanol–water partition coefficient (Wildman–Crippen LogP) is 3.15. The highest BCUT2D eigenvalue weighted by Gasteiger charge is 2.26. The van der Waals surface area contributed by atoms with E-state index in [-0.39, 0.29) is 11.9 Å². The molecule has 2 rings (SSSR count). The average Bonchev–Trinajstić information content (AvgIpc) is 2.71. The average molecular weight is 251 g/mol. The van der Waals surface area contributed by atoms with Gasteiger partial charge in [0.25, 0.3) is 0 Å². The Morgan fingerprint density at radius 2 is 2.28 bits per heavy atom. The summed E-state index contributed by atoms with van der Waals surface area (Å²) in [4.78, 5) is 0. The fourth-order valence-electron chi connectivity index (χ4n) is 2.89. The molecule has 0 aromatic heterocycles. The number of benzene rings is 1. The lowest BCUT2D eigenvalue weighted by Gasteiger charge is -2.24. The first-order chi connectivity index (χ1) is 8.63. The molecule has 1 aromatic carbocycles. The molecule has 0 aliphatic carbocycles. The predicted molar refractivity (Wildman–Crippen MR) is 71.4 cm³/mol. The number of nitrogens with one attached hydrogen (secondary N) is 1. The van der Waals surface area contributed by atoms with Crippen molar-refractivity contribution in [2.75, 3.05) is 7.05 Å². The van der Waals surface area contributed by atoms with E-state index in [0.717, 1.165) is 30.6 Å². The topological polar surface area (TPSA) is 21.3 Å². The smallest absolute Gasteiger partial charge is 0.123 e. The summed E-state index contributed by atoms with van der Waals surface area (Å²) >= 11 is 0. The van der Waals surface area contributed by atoms with Gasteiger partial charge in [-0.15, -0.1) is 0 Å². The lowest BCUT2D eigenvalue weighted by Crippen LogP contribution is -2.34. The Morgan fingerprint density at radius 3 is 2.94 bits per heavy atom. The lowest BCUT2D eigenvalue weighted by molar-refractivity contribution is 0.182. The van der Waals surface area contributed by atoms with Gasteiger partial charge in [-0.1, -0.05) is 13.8 Å². The molecule has 3 atom stereocenters. The summed E-state index contributed by atoms with van der Waals surface area (Å²) in [5.41, 5.74) is 1.00. The molecule has 0 saturated carbocycles. The minimum atomic E-state index is -0.173. The van der Waals surface area contributed by atoms with Crippen LogP contribution in [0, 0.1) is 11.7 Å². The van der Waals surface area contributed by atoms with Gasteiger partial charge in [-0.3, -0.25) is 0 Å². The van der Waals surface area contributed by atoms with Crippen LogP contribution < -0.4 is 10.1 Å². The Hall–Kier alpha value is -1.09. The molecule has 0 saturated heterocycles. The maximum Gasteiger partial charge on any atom is 0.123 e. The van der Waals surface area contributed by atoms with E-state index in [0.29, 0.717) is 12.0 Å². The monoisotopic (exact) mass is 251 g/mol. The number of halogens is 1. The maximum atomic E-state index is 13.1. The van der Waals surface area contributed by atoms with Gasteiger partial charge in [-0.2, -0.15) is 0 Å². The second-order valence-corrected chi connectivity index (χ2v) is 5.21. The number of hydrogen-bond acceptors (Lipinski definition) is 2. The molecule has 0 bridgehead atoms. The van der Waals surface area contributed by atoms with Crippen LogP contribution in [0.2, 0.25) is 0 Å². The van der Waals surface area contributed by atoms with Crippen molar-refractivity contribution in [3.05, 3.63) is 29.6 Å². The molecule has 1 aliphatic rings. The summed E-state index contributed by atoms with van der Waals surface area (Å²) in [5.74, 6) is 1.24. The summed E-state index contributed by atoms with van der Waals surface area (Å²) in [6.45, 7) is 4.44. The second kappa shape index (κ2) is 5.70. The molecule has 0 spiro atoms. The molecule has 3 unspecified atom stereocenters. The quantitative estimate of drug-likeness (QED) is 0.868. The Labute approximate surface area is 109 Å². The number of fused-ring (bicyclic) bond motifs is 1. The first-order valence-corrected chi connectivity index (χ1v) is 6.76. The normalized spacial score (nSPS) is 21.2. The molecular formula is C15H22FNO. The van der Waals surface area contributed by atoms with Crippen LogP contribution in [-0.4, -0.2) is 19.2 Å². The van der Waals surface area contributed by atoms with Gasteiger partial charge in [0.2, 0.25) is 0 Å². The van der Waals surface area contributed by atoms with Gasteiger partial charge in [0.05, 0.1) is 0 Å². The maximum absolute atomic E-state index is 13.1. The Bertz CT molecular complexity index is 403. The Morgan fingerprint density at radius 1 is 1.50 bits per heavy atom. The molecule has 0 radical (unpaired) electrons. The van der Waals surface area contributed by atoms with Crippen LogP contribution >= 0.6 is 0 Å².